The summed E-state index contributed by atoms with van der Waals surface area (Å²) in [4.78, 5) is 15.8. The van der Waals surface area contributed by atoms with Gasteiger partial charge >= 0.3 is 0 Å². The Bertz CT molecular complexity index is 1010. The van der Waals surface area contributed by atoms with Gasteiger partial charge in [0.1, 0.15) is 5.82 Å². The lowest BCUT2D eigenvalue weighted by molar-refractivity contribution is -0.120. The number of nitrogens with zero attached hydrogens (tertiary/aromatic N) is 2. The Balaban J connectivity index is 1.41. The maximum atomic E-state index is 13.6. The second-order valence-corrected chi connectivity index (χ2v) is 7.96. The van der Waals surface area contributed by atoms with Crippen LogP contribution >= 0.6 is 0 Å². The second-order valence-electron chi connectivity index (χ2n) is 7.96. The van der Waals surface area contributed by atoms with Gasteiger partial charge in [0.2, 0.25) is 5.91 Å². The van der Waals surface area contributed by atoms with Crippen LogP contribution in [-0.2, 0) is 17.8 Å². The van der Waals surface area contributed by atoms with Crippen LogP contribution in [0.4, 0.5) is 4.39 Å². The molecule has 1 saturated carbocycles. The summed E-state index contributed by atoms with van der Waals surface area (Å²) in [6.45, 7) is 7.47. The molecule has 27 heavy (non-hydrogen) atoms. The summed E-state index contributed by atoms with van der Waals surface area (Å²) in [5, 5.41) is 8.41. The summed E-state index contributed by atoms with van der Waals surface area (Å²) >= 11 is 0. The van der Waals surface area contributed by atoms with Crippen molar-refractivity contribution in [2.45, 2.75) is 46.6 Å². The number of nitrogens with one attached hydrogen (secondary N) is 2. The van der Waals surface area contributed by atoms with E-state index in [2.05, 4.69) is 28.4 Å². The van der Waals surface area contributed by atoms with Gasteiger partial charge in [-0.25, -0.2) is 4.39 Å². The number of rotatable bonds is 6. The molecular weight excluding hydrogens is 343 g/mol. The SMILES string of the molecule is Cc1cc(C)n(CC2(CNC(=O)Cc3c(C)[nH]c4ccc(F)cc34)CC2)n1. The van der Waals surface area contributed by atoms with E-state index in [0.717, 1.165) is 52.9 Å². The van der Waals surface area contributed by atoms with Gasteiger partial charge in [0.05, 0.1) is 12.1 Å². The van der Waals surface area contributed by atoms with E-state index in [4.69, 9.17) is 0 Å². The first-order valence-corrected chi connectivity index (χ1v) is 9.40. The van der Waals surface area contributed by atoms with Crippen molar-refractivity contribution in [1.29, 1.82) is 0 Å². The van der Waals surface area contributed by atoms with E-state index in [1.54, 1.807) is 6.07 Å². The van der Waals surface area contributed by atoms with Crippen LogP contribution in [0.25, 0.3) is 10.9 Å². The number of amides is 1. The topological polar surface area (TPSA) is 62.7 Å². The number of carbonyl (C=O) groups excluding carboxylic acids is 1. The van der Waals surface area contributed by atoms with Crippen molar-refractivity contribution in [3.63, 3.8) is 0 Å². The number of benzene rings is 1. The number of halogens is 1. The summed E-state index contributed by atoms with van der Waals surface area (Å²) in [7, 11) is 0. The molecule has 142 valence electrons. The van der Waals surface area contributed by atoms with E-state index >= 15 is 0 Å². The smallest absolute Gasteiger partial charge is 0.224 e. The molecule has 3 aromatic rings. The van der Waals surface area contributed by atoms with Crippen LogP contribution in [0.1, 0.15) is 35.5 Å². The monoisotopic (exact) mass is 368 g/mol. The van der Waals surface area contributed by atoms with Gasteiger partial charge < -0.3 is 10.3 Å². The van der Waals surface area contributed by atoms with Crippen LogP contribution in [-0.4, -0.2) is 27.2 Å². The fourth-order valence-electron chi connectivity index (χ4n) is 3.81. The molecule has 1 aliphatic carbocycles. The van der Waals surface area contributed by atoms with Gasteiger partial charge in [0.15, 0.2) is 0 Å². The fourth-order valence-corrected chi connectivity index (χ4v) is 3.81. The Labute approximate surface area is 158 Å². The molecule has 0 aliphatic heterocycles. The predicted molar refractivity (Wildman–Crippen MR) is 103 cm³/mol. The molecule has 1 aromatic carbocycles. The molecule has 4 rings (SSSR count). The normalized spacial score (nSPS) is 15.3. The van der Waals surface area contributed by atoms with E-state index in [0.29, 0.717) is 6.54 Å². The highest BCUT2D eigenvalue weighted by Gasteiger charge is 2.43. The molecule has 0 atom stereocenters. The average molecular weight is 368 g/mol. The van der Waals surface area contributed by atoms with Crippen molar-refractivity contribution in [1.82, 2.24) is 20.1 Å². The molecule has 0 radical (unpaired) electrons. The van der Waals surface area contributed by atoms with E-state index in [-0.39, 0.29) is 23.6 Å². The van der Waals surface area contributed by atoms with Crippen LogP contribution in [0.2, 0.25) is 0 Å². The van der Waals surface area contributed by atoms with E-state index < -0.39 is 0 Å². The lowest BCUT2D eigenvalue weighted by atomic mass is 10.1. The average Bonchev–Trinajstić information content (AvgIpc) is 3.22. The standard InChI is InChI=1S/C21H25FN4O/c1-13-8-14(2)26(25-13)12-21(6-7-21)11-23-20(27)10-17-15(3)24-19-5-4-16(22)9-18(17)19/h4-5,8-9,24H,6-7,10-12H2,1-3H3,(H,23,27). The summed E-state index contributed by atoms with van der Waals surface area (Å²) in [5.41, 5.74) is 4.93. The zero-order valence-electron chi connectivity index (χ0n) is 16.0. The highest BCUT2D eigenvalue weighted by atomic mass is 19.1. The van der Waals surface area contributed by atoms with Crippen molar-refractivity contribution in [3.05, 3.63) is 52.7 Å². The Morgan fingerprint density at radius 2 is 2.07 bits per heavy atom. The zero-order chi connectivity index (χ0) is 19.2. The van der Waals surface area contributed by atoms with Crippen molar-refractivity contribution >= 4 is 16.8 Å². The third-order valence-corrected chi connectivity index (χ3v) is 5.63. The van der Waals surface area contributed by atoms with Crippen LogP contribution in [0.15, 0.2) is 24.3 Å². The molecule has 0 saturated heterocycles. The molecule has 1 aliphatic rings. The first-order valence-electron chi connectivity index (χ1n) is 9.40. The number of hydrogen-bond acceptors (Lipinski definition) is 2. The molecule has 2 heterocycles. The van der Waals surface area contributed by atoms with Gasteiger partial charge in [-0.2, -0.15) is 5.10 Å². The van der Waals surface area contributed by atoms with E-state index in [9.17, 15) is 9.18 Å². The van der Waals surface area contributed by atoms with Crippen molar-refractivity contribution < 1.29 is 9.18 Å². The van der Waals surface area contributed by atoms with Crippen LogP contribution in [0.5, 0.6) is 0 Å². The third kappa shape index (κ3) is 3.61. The van der Waals surface area contributed by atoms with Gasteiger partial charge in [-0.05, 0) is 63.4 Å². The number of aryl methyl sites for hydroxylation is 3. The number of carbonyl (C=O) groups is 1. The lowest BCUT2D eigenvalue weighted by Crippen LogP contribution is -2.33. The van der Waals surface area contributed by atoms with Crippen LogP contribution in [0.3, 0.4) is 0 Å². The maximum Gasteiger partial charge on any atom is 0.224 e. The number of aromatic nitrogens is 3. The lowest BCUT2D eigenvalue weighted by Gasteiger charge is -2.17. The molecule has 1 fully saturated rings. The molecule has 5 nitrogen and oxygen atoms in total. The van der Waals surface area contributed by atoms with Crippen molar-refractivity contribution in [2.75, 3.05) is 6.54 Å². The minimum Gasteiger partial charge on any atom is -0.358 e. The molecule has 2 N–H and O–H groups in total. The van der Waals surface area contributed by atoms with Crippen LogP contribution in [0, 0.1) is 32.0 Å². The van der Waals surface area contributed by atoms with Crippen molar-refractivity contribution in [3.8, 4) is 0 Å². The third-order valence-electron chi connectivity index (χ3n) is 5.63. The molecule has 0 unspecified atom stereocenters. The number of aromatic amines is 1. The molecule has 0 spiro atoms. The Morgan fingerprint density at radius 3 is 2.74 bits per heavy atom. The molecule has 0 bridgehead atoms. The Hall–Kier alpha value is -2.63. The summed E-state index contributed by atoms with van der Waals surface area (Å²) in [5.74, 6) is -0.312. The Morgan fingerprint density at radius 1 is 1.30 bits per heavy atom. The quantitative estimate of drug-likeness (QED) is 0.699. The van der Waals surface area contributed by atoms with E-state index in [1.165, 1.54) is 12.1 Å². The minimum absolute atomic E-state index is 0.0251. The highest BCUT2D eigenvalue weighted by molar-refractivity contribution is 5.90. The van der Waals surface area contributed by atoms with E-state index in [1.807, 2.05) is 18.5 Å². The first kappa shape index (κ1) is 17.8. The predicted octanol–water partition coefficient (Wildman–Crippen LogP) is 3.57. The second kappa shape index (κ2) is 6.51. The molecule has 1 amide bonds. The summed E-state index contributed by atoms with van der Waals surface area (Å²) in [6, 6.07) is 6.71. The molecular formula is C21H25FN4O. The zero-order valence-corrected chi connectivity index (χ0v) is 16.0. The molecule has 6 heteroatoms. The van der Waals surface area contributed by atoms with Gasteiger partial charge in [0, 0.05) is 40.8 Å². The molecule has 2 aromatic heterocycles. The minimum atomic E-state index is -0.287. The fraction of sp³-hybridized carbons (Fsp3) is 0.429. The summed E-state index contributed by atoms with van der Waals surface area (Å²) < 4.78 is 15.6. The summed E-state index contributed by atoms with van der Waals surface area (Å²) in [6.07, 6.45) is 2.46. The van der Waals surface area contributed by atoms with Crippen molar-refractivity contribution in [2.24, 2.45) is 5.41 Å². The first-order chi connectivity index (χ1) is 12.8. The largest absolute Gasteiger partial charge is 0.358 e. The van der Waals surface area contributed by atoms with Gasteiger partial charge in [0.25, 0.3) is 0 Å². The van der Waals surface area contributed by atoms with Crippen LogP contribution < -0.4 is 5.32 Å². The Kier molecular flexibility index (Phi) is 4.29. The number of fused-ring (bicyclic) bond motifs is 1. The van der Waals surface area contributed by atoms with Gasteiger partial charge in [-0.15, -0.1) is 0 Å². The number of H-pyrrole nitrogens is 1. The maximum absolute atomic E-state index is 13.6. The number of hydrogen-bond donors (Lipinski definition) is 2. The van der Waals surface area contributed by atoms with Gasteiger partial charge in [-0.3, -0.25) is 9.48 Å². The van der Waals surface area contributed by atoms with Gasteiger partial charge in [-0.1, -0.05) is 0 Å². The highest BCUT2D eigenvalue weighted by Crippen LogP contribution is 2.46.